The lowest BCUT2D eigenvalue weighted by molar-refractivity contribution is -0.147. The summed E-state index contributed by atoms with van der Waals surface area (Å²) in [5.41, 5.74) is 0.944. The number of carbonyl (C=O) groups is 1. The van der Waals surface area contributed by atoms with Crippen molar-refractivity contribution in [2.45, 2.75) is 27.7 Å². The molecule has 80 valence electrons. The molecule has 0 aliphatic carbocycles. The summed E-state index contributed by atoms with van der Waals surface area (Å²) in [4.78, 5) is 11.5. The molecule has 0 heterocycles. The molecule has 0 spiro atoms. The van der Waals surface area contributed by atoms with E-state index in [2.05, 4.69) is 6.58 Å². The first-order valence-corrected chi connectivity index (χ1v) is 4.99. The Labute approximate surface area is 86.6 Å². The molecule has 2 nitrogen and oxygen atoms in total. The molecule has 0 amide bonds. The quantitative estimate of drug-likeness (QED) is 0.499. The van der Waals surface area contributed by atoms with Crippen LogP contribution in [-0.2, 0) is 9.53 Å². The number of carbonyl (C=O) groups excluding carboxylic acids is 1. The second-order valence-corrected chi connectivity index (χ2v) is 3.73. The van der Waals surface area contributed by atoms with Crippen molar-refractivity contribution >= 4 is 5.97 Å². The van der Waals surface area contributed by atoms with Gasteiger partial charge in [0.1, 0.15) is 0 Å². The minimum atomic E-state index is -0.161. The van der Waals surface area contributed by atoms with Gasteiger partial charge in [-0.05, 0) is 19.8 Å². The van der Waals surface area contributed by atoms with Crippen LogP contribution in [-0.4, -0.2) is 12.6 Å². The van der Waals surface area contributed by atoms with Crippen LogP contribution in [0.3, 0.4) is 0 Å². The van der Waals surface area contributed by atoms with Gasteiger partial charge in [-0.1, -0.05) is 38.2 Å². The number of hydrogen-bond donors (Lipinski definition) is 0. The van der Waals surface area contributed by atoms with Gasteiger partial charge >= 0.3 is 5.97 Å². The molecule has 0 bridgehead atoms. The third kappa shape index (κ3) is 4.85. The minimum absolute atomic E-state index is 0.153. The van der Waals surface area contributed by atoms with Crippen molar-refractivity contribution in [3.05, 3.63) is 24.3 Å². The van der Waals surface area contributed by atoms with E-state index in [9.17, 15) is 4.79 Å². The molecule has 1 atom stereocenters. The standard InChI is InChI=1S/C12H20O2/c1-6-14-12(13)11(10(4)5)8-7-9(2)3/h7-8,10-11H,2,6H2,1,3-5H3/b8-7+. The topological polar surface area (TPSA) is 26.3 Å². The maximum Gasteiger partial charge on any atom is 0.313 e. The number of rotatable bonds is 5. The molecule has 0 aliphatic heterocycles. The maximum absolute atomic E-state index is 11.5. The number of allylic oxidation sites excluding steroid dienone is 2. The fourth-order valence-electron chi connectivity index (χ4n) is 1.08. The Balaban J connectivity index is 4.44. The van der Waals surface area contributed by atoms with Crippen molar-refractivity contribution in [3.8, 4) is 0 Å². The summed E-state index contributed by atoms with van der Waals surface area (Å²) in [5, 5.41) is 0. The summed E-state index contributed by atoms with van der Waals surface area (Å²) in [7, 11) is 0. The van der Waals surface area contributed by atoms with Crippen LogP contribution < -0.4 is 0 Å². The molecule has 0 rings (SSSR count). The number of esters is 1. The van der Waals surface area contributed by atoms with Crippen molar-refractivity contribution in [2.24, 2.45) is 11.8 Å². The molecule has 0 aromatic rings. The molecule has 0 radical (unpaired) electrons. The van der Waals surface area contributed by atoms with Gasteiger partial charge in [0, 0.05) is 0 Å². The molecule has 0 saturated heterocycles. The van der Waals surface area contributed by atoms with E-state index < -0.39 is 0 Å². The lowest BCUT2D eigenvalue weighted by Gasteiger charge is -2.14. The highest BCUT2D eigenvalue weighted by Crippen LogP contribution is 2.15. The maximum atomic E-state index is 11.5. The van der Waals surface area contributed by atoms with E-state index in [4.69, 9.17) is 4.74 Å². The van der Waals surface area contributed by atoms with E-state index in [0.717, 1.165) is 5.57 Å². The Hall–Kier alpha value is -1.05. The fraction of sp³-hybridized carbons (Fsp3) is 0.583. The molecule has 14 heavy (non-hydrogen) atoms. The predicted molar refractivity (Wildman–Crippen MR) is 58.9 cm³/mol. The predicted octanol–water partition coefficient (Wildman–Crippen LogP) is 2.95. The first kappa shape index (κ1) is 12.9. The van der Waals surface area contributed by atoms with Gasteiger partial charge in [0.05, 0.1) is 12.5 Å². The number of ether oxygens (including phenoxy) is 1. The van der Waals surface area contributed by atoms with Crippen LogP contribution >= 0.6 is 0 Å². The minimum Gasteiger partial charge on any atom is -0.466 e. The lowest BCUT2D eigenvalue weighted by Crippen LogP contribution is -2.20. The summed E-state index contributed by atoms with van der Waals surface area (Å²) >= 11 is 0. The van der Waals surface area contributed by atoms with Gasteiger partial charge in [0.15, 0.2) is 0 Å². The monoisotopic (exact) mass is 196 g/mol. The second-order valence-electron chi connectivity index (χ2n) is 3.73. The normalized spacial score (nSPS) is 13.2. The summed E-state index contributed by atoms with van der Waals surface area (Å²) in [5.74, 6) is -0.0590. The molecule has 0 aliphatic rings. The van der Waals surface area contributed by atoms with Gasteiger partial charge in [-0.25, -0.2) is 0 Å². The van der Waals surface area contributed by atoms with E-state index in [1.54, 1.807) is 0 Å². The zero-order chi connectivity index (χ0) is 11.1. The van der Waals surface area contributed by atoms with Gasteiger partial charge in [-0.2, -0.15) is 0 Å². The third-order valence-corrected chi connectivity index (χ3v) is 1.87. The third-order valence-electron chi connectivity index (χ3n) is 1.87. The van der Waals surface area contributed by atoms with Crippen LogP contribution in [0.25, 0.3) is 0 Å². The first-order chi connectivity index (χ1) is 6.49. The largest absolute Gasteiger partial charge is 0.466 e. The highest BCUT2D eigenvalue weighted by molar-refractivity contribution is 5.74. The molecule has 0 fully saturated rings. The molecular formula is C12H20O2. The smallest absolute Gasteiger partial charge is 0.313 e. The average Bonchev–Trinajstić information content (AvgIpc) is 2.03. The van der Waals surface area contributed by atoms with E-state index >= 15 is 0 Å². The first-order valence-electron chi connectivity index (χ1n) is 4.99. The van der Waals surface area contributed by atoms with Crippen LogP contribution in [0.5, 0.6) is 0 Å². The highest BCUT2D eigenvalue weighted by Gasteiger charge is 2.19. The van der Waals surface area contributed by atoms with E-state index in [-0.39, 0.29) is 17.8 Å². The fourth-order valence-corrected chi connectivity index (χ4v) is 1.08. The summed E-state index contributed by atoms with van der Waals surface area (Å²) in [6.07, 6.45) is 3.73. The summed E-state index contributed by atoms with van der Waals surface area (Å²) in [6, 6.07) is 0. The summed E-state index contributed by atoms with van der Waals surface area (Å²) in [6.45, 7) is 11.9. The SMILES string of the molecule is C=C(C)/C=C/C(C(=O)OCC)C(C)C. The van der Waals surface area contributed by atoms with Crippen LogP contribution in [0.2, 0.25) is 0 Å². The molecular weight excluding hydrogens is 176 g/mol. The molecule has 2 heteroatoms. The molecule has 0 aromatic carbocycles. The number of hydrogen-bond acceptors (Lipinski definition) is 2. The van der Waals surface area contributed by atoms with Gasteiger partial charge in [0.25, 0.3) is 0 Å². The van der Waals surface area contributed by atoms with Crippen molar-refractivity contribution < 1.29 is 9.53 Å². The molecule has 0 aromatic heterocycles. The molecule has 0 N–H and O–H groups in total. The van der Waals surface area contributed by atoms with E-state index in [1.807, 2.05) is 39.8 Å². The van der Waals surface area contributed by atoms with Crippen molar-refractivity contribution in [2.75, 3.05) is 6.61 Å². The van der Waals surface area contributed by atoms with Crippen LogP contribution in [0, 0.1) is 11.8 Å². The van der Waals surface area contributed by atoms with Gasteiger partial charge in [-0.3, -0.25) is 4.79 Å². The van der Waals surface area contributed by atoms with Crippen LogP contribution in [0.4, 0.5) is 0 Å². The Morgan fingerprint density at radius 2 is 2.07 bits per heavy atom. The lowest BCUT2D eigenvalue weighted by atomic mass is 9.95. The van der Waals surface area contributed by atoms with Crippen LogP contribution in [0.1, 0.15) is 27.7 Å². The van der Waals surface area contributed by atoms with Gasteiger partial charge in [-0.15, -0.1) is 0 Å². The molecule has 1 unspecified atom stereocenters. The van der Waals surface area contributed by atoms with Crippen molar-refractivity contribution in [1.82, 2.24) is 0 Å². The Morgan fingerprint density at radius 3 is 2.43 bits per heavy atom. The van der Waals surface area contributed by atoms with E-state index in [1.165, 1.54) is 0 Å². The Bertz CT molecular complexity index is 226. The zero-order valence-corrected chi connectivity index (χ0v) is 9.54. The second kappa shape index (κ2) is 6.41. The Kier molecular flexibility index (Phi) is 5.93. The van der Waals surface area contributed by atoms with Gasteiger partial charge < -0.3 is 4.74 Å². The highest BCUT2D eigenvalue weighted by atomic mass is 16.5. The van der Waals surface area contributed by atoms with Crippen molar-refractivity contribution in [3.63, 3.8) is 0 Å². The zero-order valence-electron chi connectivity index (χ0n) is 9.54. The van der Waals surface area contributed by atoms with Crippen LogP contribution in [0.15, 0.2) is 24.3 Å². The van der Waals surface area contributed by atoms with Crippen molar-refractivity contribution in [1.29, 1.82) is 0 Å². The van der Waals surface area contributed by atoms with Gasteiger partial charge in [0.2, 0.25) is 0 Å². The molecule has 0 saturated carbocycles. The van der Waals surface area contributed by atoms with E-state index in [0.29, 0.717) is 6.61 Å². The summed E-state index contributed by atoms with van der Waals surface area (Å²) < 4.78 is 4.98. The Morgan fingerprint density at radius 1 is 1.50 bits per heavy atom. The average molecular weight is 196 g/mol.